The number of carbonyl (C=O) groups is 2. The Morgan fingerprint density at radius 2 is 1.10 bits per heavy atom. The largest absolute Gasteiger partial charge is 0.416 e. The first-order valence-electron chi connectivity index (χ1n) is 10.1. The average molecular weight is 419 g/mol. The van der Waals surface area contributed by atoms with Crippen molar-refractivity contribution < 1.29 is 22.8 Å². The van der Waals surface area contributed by atoms with Crippen molar-refractivity contribution in [2.75, 3.05) is 4.90 Å². The highest BCUT2D eigenvalue weighted by Gasteiger charge is 2.61. The molecule has 2 atom stereocenters. The van der Waals surface area contributed by atoms with Gasteiger partial charge in [0.15, 0.2) is 0 Å². The monoisotopic (exact) mass is 419 g/mol. The van der Waals surface area contributed by atoms with Crippen LogP contribution in [0.15, 0.2) is 72.8 Å². The van der Waals surface area contributed by atoms with Gasteiger partial charge in [0.2, 0.25) is 11.8 Å². The molecule has 3 aliphatic carbocycles. The molecule has 1 fully saturated rings. The lowest BCUT2D eigenvalue weighted by atomic mass is 9.55. The van der Waals surface area contributed by atoms with Gasteiger partial charge in [-0.25, -0.2) is 4.90 Å². The molecule has 154 valence electrons. The van der Waals surface area contributed by atoms with Crippen LogP contribution in [0.25, 0.3) is 0 Å². The van der Waals surface area contributed by atoms with Crippen molar-refractivity contribution in [1.82, 2.24) is 0 Å². The van der Waals surface area contributed by atoms with Crippen LogP contribution in [0.2, 0.25) is 0 Å². The third kappa shape index (κ3) is 2.36. The molecule has 3 aromatic carbocycles. The van der Waals surface area contributed by atoms with E-state index in [2.05, 4.69) is 0 Å². The molecule has 0 unspecified atom stereocenters. The molecule has 7 rings (SSSR count). The number of carbonyl (C=O) groups excluding carboxylic acids is 2. The Hall–Kier alpha value is -3.41. The summed E-state index contributed by atoms with van der Waals surface area (Å²) in [5.41, 5.74) is 3.21. The van der Waals surface area contributed by atoms with E-state index in [1.807, 2.05) is 48.5 Å². The number of hydrogen-bond acceptors (Lipinski definition) is 2. The van der Waals surface area contributed by atoms with E-state index in [-0.39, 0.29) is 17.5 Å². The van der Waals surface area contributed by atoms with Crippen molar-refractivity contribution in [3.05, 3.63) is 101 Å². The summed E-state index contributed by atoms with van der Waals surface area (Å²) in [6.45, 7) is 0. The molecule has 31 heavy (non-hydrogen) atoms. The van der Waals surface area contributed by atoms with Crippen molar-refractivity contribution in [1.29, 1.82) is 0 Å². The lowest BCUT2D eigenvalue weighted by Crippen LogP contribution is -2.41. The first kappa shape index (κ1) is 18.4. The summed E-state index contributed by atoms with van der Waals surface area (Å²) in [7, 11) is 0. The summed E-state index contributed by atoms with van der Waals surface area (Å²) < 4.78 is 39.7. The highest BCUT2D eigenvalue weighted by molar-refractivity contribution is 6.23. The predicted molar refractivity (Wildman–Crippen MR) is 107 cm³/mol. The predicted octanol–water partition coefficient (Wildman–Crippen LogP) is 5.10. The third-order valence-electron chi connectivity index (χ3n) is 6.88. The van der Waals surface area contributed by atoms with Crippen LogP contribution < -0.4 is 4.90 Å². The second kappa shape index (κ2) is 6.06. The fraction of sp³-hybridized carbons (Fsp3) is 0.200. The van der Waals surface area contributed by atoms with Crippen LogP contribution in [0.4, 0.5) is 18.9 Å². The summed E-state index contributed by atoms with van der Waals surface area (Å²) in [5, 5.41) is 0. The molecule has 6 heteroatoms. The van der Waals surface area contributed by atoms with Gasteiger partial charge in [-0.05, 0) is 40.5 Å². The summed E-state index contributed by atoms with van der Waals surface area (Å²) in [4.78, 5) is 28.1. The molecular formula is C25H16F3NO2. The van der Waals surface area contributed by atoms with E-state index in [1.165, 1.54) is 12.1 Å². The lowest BCUT2D eigenvalue weighted by molar-refractivity contribution is -0.137. The maximum absolute atomic E-state index is 13.5. The maximum Gasteiger partial charge on any atom is 0.416 e. The molecule has 4 aliphatic rings. The van der Waals surface area contributed by atoms with Crippen LogP contribution in [0.5, 0.6) is 0 Å². The molecule has 0 spiro atoms. The molecule has 3 aromatic rings. The Labute approximate surface area is 176 Å². The van der Waals surface area contributed by atoms with Gasteiger partial charge in [-0.3, -0.25) is 9.59 Å². The van der Waals surface area contributed by atoms with Crippen LogP contribution >= 0.6 is 0 Å². The van der Waals surface area contributed by atoms with Crippen molar-refractivity contribution in [3.63, 3.8) is 0 Å². The zero-order valence-corrected chi connectivity index (χ0v) is 16.1. The van der Waals surface area contributed by atoms with Crippen LogP contribution in [-0.4, -0.2) is 11.8 Å². The second-order valence-electron chi connectivity index (χ2n) is 8.32. The molecular weight excluding hydrogens is 403 g/mol. The van der Waals surface area contributed by atoms with Gasteiger partial charge in [-0.1, -0.05) is 54.6 Å². The average Bonchev–Trinajstić information content (AvgIpc) is 3.04. The zero-order chi connectivity index (χ0) is 21.5. The van der Waals surface area contributed by atoms with Crippen molar-refractivity contribution in [2.24, 2.45) is 11.8 Å². The molecule has 1 saturated heterocycles. The molecule has 1 heterocycles. The van der Waals surface area contributed by atoms with E-state index in [1.54, 1.807) is 0 Å². The van der Waals surface area contributed by atoms with Gasteiger partial charge in [0, 0.05) is 11.8 Å². The number of nitrogens with zero attached hydrogens (tertiary/aromatic N) is 1. The van der Waals surface area contributed by atoms with E-state index in [4.69, 9.17) is 0 Å². The van der Waals surface area contributed by atoms with E-state index < -0.39 is 35.4 Å². The molecule has 2 amide bonds. The van der Waals surface area contributed by atoms with Crippen molar-refractivity contribution >= 4 is 17.5 Å². The summed E-state index contributed by atoms with van der Waals surface area (Å²) in [6, 6.07) is 20.1. The second-order valence-corrected chi connectivity index (χ2v) is 8.32. The molecule has 0 N–H and O–H groups in total. The number of amides is 2. The van der Waals surface area contributed by atoms with Crippen molar-refractivity contribution in [2.45, 2.75) is 18.0 Å². The minimum Gasteiger partial charge on any atom is -0.274 e. The number of imide groups is 1. The Morgan fingerprint density at radius 1 is 0.645 bits per heavy atom. The third-order valence-corrected chi connectivity index (χ3v) is 6.88. The number of halogens is 3. The number of rotatable bonds is 1. The smallest absolute Gasteiger partial charge is 0.274 e. The molecule has 3 nitrogen and oxygen atoms in total. The van der Waals surface area contributed by atoms with E-state index in [0.29, 0.717) is 0 Å². The standard InChI is InChI=1S/C25H16F3NO2/c26-25(27,28)13-6-5-7-14(12-13)29-23(30)21-19-15-8-1-2-9-16(15)20(22(21)24(29)31)18-11-4-3-10-17(18)19/h1-12,19-22H/t19?,20?,21-,22-/m0/s1. The Balaban J connectivity index is 1.52. The molecule has 2 bridgehead atoms. The van der Waals surface area contributed by atoms with Crippen LogP contribution in [0.3, 0.4) is 0 Å². The Kier molecular flexibility index (Phi) is 3.59. The molecule has 0 aromatic heterocycles. The number of anilines is 1. The van der Waals surface area contributed by atoms with Crippen LogP contribution in [-0.2, 0) is 15.8 Å². The van der Waals surface area contributed by atoms with Gasteiger partial charge in [0.05, 0.1) is 23.1 Å². The fourth-order valence-electron chi connectivity index (χ4n) is 5.75. The Morgan fingerprint density at radius 3 is 1.52 bits per heavy atom. The summed E-state index contributed by atoms with van der Waals surface area (Å²) in [6.07, 6.45) is -4.56. The van der Waals surface area contributed by atoms with Crippen LogP contribution in [0, 0.1) is 11.8 Å². The number of alkyl halides is 3. The summed E-state index contributed by atoms with van der Waals surface area (Å²) >= 11 is 0. The highest BCUT2D eigenvalue weighted by Crippen LogP contribution is 2.61. The normalized spacial score (nSPS) is 26.0. The summed E-state index contributed by atoms with van der Waals surface area (Å²) in [5.74, 6) is -2.64. The van der Waals surface area contributed by atoms with E-state index in [9.17, 15) is 22.8 Å². The topological polar surface area (TPSA) is 37.4 Å². The van der Waals surface area contributed by atoms with E-state index in [0.717, 1.165) is 39.3 Å². The maximum atomic E-state index is 13.5. The number of hydrogen-bond donors (Lipinski definition) is 0. The quantitative estimate of drug-likeness (QED) is 0.515. The highest BCUT2D eigenvalue weighted by atomic mass is 19.4. The van der Waals surface area contributed by atoms with Gasteiger partial charge in [-0.15, -0.1) is 0 Å². The van der Waals surface area contributed by atoms with Gasteiger partial charge >= 0.3 is 6.18 Å². The molecule has 1 aliphatic heterocycles. The van der Waals surface area contributed by atoms with Gasteiger partial charge < -0.3 is 0 Å². The molecule has 0 radical (unpaired) electrons. The van der Waals surface area contributed by atoms with Crippen LogP contribution in [0.1, 0.15) is 39.7 Å². The number of benzene rings is 3. The zero-order valence-electron chi connectivity index (χ0n) is 16.1. The first-order valence-corrected chi connectivity index (χ1v) is 10.1. The first-order chi connectivity index (χ1) is 14.9. The SMILES string of the molecule is O=C1[C@H]2C3c4ccccc4C(c4ccccc43)[C@@H]2C(=O)N1c1cccc(C(F)(F)F)c1. The molecule has 0 saturated carbocycles. The minimum absolute atomic E-state index is 0.0215. The Bertz CT molecular complexity index is 1150. The van der Waals surface area contributed by atoms with Gasteiger partial charge in [0.1, 0.15) is 0 Å². The fourth-order valence-corrected chi connectivity index (χ4v) is 5.75. The minimum atomic E-state index is -4.56. The van der Waals surface area contributed by atoms with E-state index >= 15 is 0 Å². The lowest BCUT2D eigenvalue weighted by Gasteiger charge is -2.45. The van der Waals surface area contributed by atoms with Gasteiger partial charge in [0.25, 0.3) is 0 Å². The van der Waals surface area contributed by atoms with Crippen molar-refractivity contribution in [3.8, 4) is 0 Å². The van der Waals surface area contributed by atoms with Gasteiger partial charge in [-0.2, -0.15) is 13.2 Å².